The van der Waals surface area contributed by atoms with Crippen molar-refractivity contribution in [1.29, 1.82) is 0 Å². The van der Waals surface area contributed by atoms with Gasteiger partial charge in [-0.2, -0.15) is 5.10 Å². The fourth-order valence-corrected chi connectivity index (χ4v) is 2.57. The van der Waals surface area contributed by atoms with E-state index in [2.05, 4.69) is 15.4 Å². The molecule has 1 amide bonds. The number of nitrogens with one attached hydrogen (secondary N) is 1. The van der Waals surface area contributed by atoms with Gasteiger partial charge in [-0.3, -0.25) is 14.6 Å². The Kier molecular flexibility index (Phi) is 4.88. The maximum absolute atomic E-state index is 14.1. The minimum absolute atomic E-state index is 0.168. The van der Waals surface area contributed by atoms with Crippen molar-refractivity contribution in [3.63, 3.8) is 0 Å². The molecule has 0 aliphatic carbocycles. The van der Waals surface area contributed by atoms with Crippen LogP contribution in [0.15, 0.2) is 59.7 Å². The van der Waals surface area contributed by atoms with E-state index in [1.807, 2.05) is 0 Å². The van der Waals surface area contributed by atoms with Gasteiger partial charge in [-0.15, -0.1) is 0 Å². The number of carbonyl (C=O) groups excluding carboxylic acids is 1. The lowest BCUT2D eigenvalue weighted by molar-refractivity contribution is 0.0931. The molecule has 2 aromatic heterocycles. The minimum atomic E-state index is -0.621. The fraction of sp³-hybridized carbons (Fsp3) is 0.158. The fourth-order valence-electron chi connectivity index (χ4n) is 2.57. The molecular formula is C19H17FN4O2. The molecule has 1 atom stereocenters. The van der Waals surface area contributed by atoms with Gasteiger partial charge in [-0.05, 0) is 43.7 Å². The van der Waals surface area contributed by atoms with Crippen LogP contribution in [0.25, 0.3) is 5.69 Å². The van der Waals surface area contributed by atoms with Crippen molar-refractivity contribution in [2.45, 2.75) is 19.9 Å². The number of carbonyl (C=O) groups is 1. The van der Waals surface area contributed by atoms with E-state index in [0.29, 0.717) is 5.69 Å². The Morgan fingerprint density at radius 2 is 1.88 bits per heavy atom. The lowest BCUT2D eigenvalue weighted by atomic mass is 10.1. The number of halogens is 1. The Hall–Kier alpha value is -3.35. The van der Waals surface area contributed by atoms with Crippen LogP contribution in [0.1, 0.15) is 34.7 Å². The first kappa shape index (κ1) is 17.5. The van der Waals surface area contributed by atoms with Gasteiger partial charge in [0.15, 0.2) is 5.69 Å². The van der Waals surface area contributed by atoms with Gasteiger partial charge in [0.1, 0.15) is 11.5 Å². The standard InChI is InChI=1S/C19H17FN4O2/c1-12-11-17(25)18(23-24(12)16-6-4-3-5-15(16)20)19(26)22-13(2)14-7-9-21-10-8-14/h3-11,13H,1-2H3,(H,22,26)/t13-/m1/s1. The van der Waals surface area contributed by atoms with Gasteiger partial charge in [-0.1, -0.05) is 12.1 Å². The molecule has 1 N–H and O–H groups in total. The number of hydrogen-bond donors (Lipinski definition) is 1. The summed E-state index contributed by atoms with van der Waals surface area (Å²) in [5, 5.41) is 6.82. The van der Waals surface area contributed by atoms with E-state index < -0.39 is 17.2 Å². The number of aryl methyl sites for hydroxylation is 1. The molecule has 0 unspecified atom stereocenters. The first-order valence-electron chi connectivity index (χ1n) is 8.04. The maximum Gasteiger partial charge on any atom is 0.276 e. The highest BCUT2D eigenvalue weighted by Crippen LogP contribution is 2.14. The Balaban J connectivity index is 1.95. The molecule has 0 saturated carbocycles. The van der Waals surface area contributed by atoms with E-state index in [1.54, 1.807) is 50.5 Å². The van der Waals surface area contributed by atoms with Crippen LogP contribution in [0.3, 0.4) is 0 Å². The molecule has 0 fully saturated rings. The summed E-state index contributed by atoms with van der Waals surface area (Å²) >= 11 is 0. The topological polar surface area (TPSA) is 76.9 Å². The zero-order chi connectivity index (χ0) is 18.7. The smallest absolute Gasteiger partial charge is 0.276 e. The van der Waals surface area contributed by atoms with E-state index in [-0.39, 0.29) is 17.4 Å². The zero-order valence-electron chi connectivity index (χ0n) is 14.3. The quantitative estimate of drug-likeness (QED) is 0.783. The van der Waals surface area contributed by atoms with Crippen LogP contribution in [0.5, 0.6) is 0 Å². The summed E-state index contributed by atoms with van der Waals surface area (Å²) in [6, 6.07) is 10.5. The highest BCUT2D eigenvalue weighted by Gasteiger charge is 2.18. The van der Waals surface area contributed by atoms with Crippen molar-refractivity contribution in [2.24, 2.45) is 0 Å². The summed E-state index contributed by atoms with van der Waals surface area (Å²) in [4.78, 5) is 28.7. The maximum atomic E-state index is 14.1. The van der Waals surface area contributed by atoms with Gasteiger partial charge < -0.3 is 5.32 Å². The van der Waals surface area contributed by atoms with E-state index in [1.165, 1.54) is 22.9 Å². The van der Waals surface area contributed by atoms with Crippen LogP contribution in [-0.2, 0) is 0 Å². The minimum Gasteiger partial charge on any atom is -0.344 e. The zero-order valence-corrected chi connectivity index (χ0v) is 14.3. The first-order chi connectivity index (χ1) is 12.5. The molecule has 3 rings (SSSR count). The van der Waals surface area contributed by atoms with Crippen molar-refractivity contribution in [2.75, 3.05) is 0 Å². The van der Waals surface area contributed by atoms with Crippen molar-refractivity contribution in [1.82, 2.24) is 20.1 Å². The normalized spacial score (nSPS) is 11.8. The Morgan fingerprint density at radius 1 is 1.19 bits per heavy atom. The van der Waals surface area contributed by atoms with Gasteiger partial charge in [-0.25, -0.2) is 9.07 Å². The highest BCUT2D eigenvalue weighted by molar-refractivity contribution is 5.92. The van der Waals surface area contributed by atoms with Gasteiger partial charge in [0.2, 0.25) is 5.43 Å². The monoisotopic (exact) mass is 352 g/mol. The molecule has 0 aliphatic heterocycles. The number of nitrogens with zero attached hydrogens (tertiary/aromatic N) is 3. The molecular weight excluding hydrogens is 335 g/mol. The van der Waals surface area contributed by atoms with E-state index in [0.717, 1.165) is 5.56 Å². The van der Waals surface area contributed by atoms with Crippen molar-refractivity contribution in [3.8, 4) is 5.69 Å². The van der Waals surface area contributed by atoms with Crippen LogP contribution in [0.4, 0.5) is 4.39 Å². The average molecular weight is 352 g/mol. The molecule has 3 aromatic rings. The third-order valence-electron chi connectivity index (χ3n) is 3.96. The molecule has 132 valence electrons. The molecule has 0 saturated heterocycles. The van der Waals surface area contributed by atoms with Crippen LogP contribution < -0.4 is 10.7 Å². The largest absolute Gasteiger partial charge is 0.344 e. The van der Waals surface area contributed by atoms with Crippen molar-refractivity contribution < 1.29 is 9.18 Å². The molecule has 0 spiro atoms. The predicted molar refractivity (Wildman–Crippen MR) is 94.6 cm³/mol. The number of aromatic nitrogens is 3. The van der Waals surface area contributed by atoms with Crippen LogP contribution >= 0.6 is 0 Å². The summed E-state index contributed by atoms with van der Waals surface area (Å²) in [6.07, 6.45) is 3.24. The molecule has 2 heterocycles. The SMILES string of the molecule is Cc1cc(=O)c(C(=O)N[C@H](C)c2ccncc2)nn1-c1ccccc1F. The number of pyridine rings is 1. The van der Waals surface area contributed by atoms with Gasteiger partial charge in [0.25, 0.3) is 5.91 Å². The van der Waals surface area contributed by atoms with Gasteiger partial charge >= 0.3 is 0 Å². The van der Waals surface area contributed by atoms with Gasteiger partial charge in [0.05, 0.1) is 6.04 Å². The summed E-state index contributed by atoms with van der Waals surface area (Å²) in [6.45, 7) is 3.42. The number of amides is 1. The Labute approximate surface area is 149 Å². The Morgan fingerprint density at radius 3 is 2.58 bits per heavy atom. The highest BCUT2D eigenvalue weighted by atomic mass is 19.1. The molecule has 26 heavy (non-hydrogen) atoms. The summed E-state index contributed by atoms with van der Waals surface area (Å²) in [7, 11) is 0. The summed E-state index contributed by atoms with van der Waals surface area (Å²) < 4.78 is 15.3. The van der Waals surface area contributed by atoms with Crippen molar-refractivity contribution in [3.05, 3.63) is 87.9 Å². The third kappa shape index (κ3) is 3.51. The second kappa shape index (κ2) is 7.26. The average Bonchev–Trinajstić information content (AvgIpc) is 2.63. The molecule has 6 nitrogen and oxygen atoms in total. The van der Waals surface area contributed by atoms with Gasteiger partial charge in [0, 0.05) is 24.2 Å². The van der Waals surface area contributed by atoms with Crippen LogP contribution in [0.2, 0.25) is 0 Å². The molecule has 1 aromatic carbocycles. The predicted octanol–water partition coefficient (Wildman–Crippen LogP) is 2.57. The van der Waals surface area contributed by atoms with E-state index >= 15 is 0 Å². The van der Waals surface area contributed by atoms with E-state index in [9.17, 15) is 14.0 Å². The molecule has 0 bridgehead atoms. The molecule has 0 aliphatic rings. The number of para-hydroxylation sites is 1. The second-order valence-electron chi connectivity index (χ2n) is 5.84. The molecule has 7 heteroatoms. The third-order valence-corrected chi connectivity index (χ3v) is 3.96. The summed E-state index contributed by atoms with van der Waals surface area (Å²) in [5.41, 5.74) is 0.629. The van der Waals surface area contributed by atoms with E-state index in [4.69, 9.17) is 0 Å². The van der Waals surface area contributed by atoms with Crippen LogP contribution in [-0.4, -0.2) is 20.7 Å². The van der Waals surface area contributed by atoms with Crippen molar-refractivity contribution >= 4 is 5.91 Å². The summed E-state index contributed by atoms with van der Waals surface area (Å²) in [5.74, 6) is -1.12. The molecule has 0 radical (unpaired) electrons. The number of benzene rings is 1. The lowest BCUT2D eigenvalue weighted by Gasteiger charge is -2.15. The first-order valence-corrected chi connectivity index (χ1v) is 8.04. The number of rotatable bonds is 4. The second-order valence-corrected chi connectivity index (χ2v) is 5.84. The van der Waals surface area contributed by atoms with Crippen LogP contribution in [0, 0.1) is 12.7 Å². The lowest BCUT2D eigenvalue weighted by Crippen LogP contribution is -2.33. The number of hydrogen-bond acceptors (Lipinski definition) is 4. The Bertz CT molecular complexity index is 1000.